The van der Waals surface area contributed by atoms with Crippen LogP contribution in [0.5, 0.6) is 5.75 Å². The first-order valence-corrected chi connectivity index (χ1v) is 6.31. The van der Waals surface area contributed by atoms with E-state index in [2.05, 4.69) is 0 Å². The molecule has 0 saturated carbocycles. The van der Waals surface area contributed by atoms with Crippen LogP contribution < -0.4 is 4.74 Å². The third-order valence-corrected chi connectivity index (χ3v) is 3.06. The van der Waals surface area contributed by atoms with Crippen LogP contribution >= 0.6 is 0 Å². The third kappa shape index (κ3) is 4.54. The van der Waals surface area contributed by atoms with Crippen molar-refractivity contribution in [2.24, 2.45) is 0 Å². The van der Waals surface area contributed by atoms with Crippen LogP contribution in [0.15, 0.2) is 24.3 Å². The van der Waals surface area contributed by atoms with Gasteiger partial charge in [-0.15, -0.1) is 0 Å². The highest BCUT2D eigenvalue weighted by Gasteiger charge is 2.24. The lowest BCUT2D eigenvalue weighted by Crippen LogP contribution is -2.43. The van der Waals surface area contributed by atoms with Gasteiger partial charge in [-0.25, -0.2) is 8.78 Å². The molecule has 1 rings (SSSR count). The molecule has 0 aromatic heterocycles. The smallest absolute Gasteiger partial charge is 0.251 e. The summed E-state index contributed by atoms with van der Waals surface area (Å²) in [5.74, 6) is 0.357. The number of methoxy groups -OCH3 is 1. The lowest BCUT2D eigenvalue weighted by molar-refractivity contribution is 0.0515. The molecule has 1 aromatic carbocycles. The molecule has 0 amide bonds. The number of carbonyl (C=O) groups is 1. The standard InChI is InChI=1S/C14H19F2NO3/c1-10(17(7-8-18)9-13(15)16)14(19)11-3-5-12(20-2)6-4-11/h3-6,10,13,18H,7-9H2,1-2H3. The van der Waals surface area contributed by atoms with Crippen LogP contribution in [0.3, 0.4) is 0 Å². The molecule has 0 saturated heterocycles. The van der Waals surface area contributed by atoms with Crippen LogP contribution in [0.2, 0.25) is 0 Å². The molecule has 0 fully saturated rings. The number of hydrogen-bond acceptors (Lipinski definition) is 4. The lowest BCUT2D eigenvalue weighted by Gasteiger charge is -2.27. The summed E-state index contributed by atoms with van der Waals surface area (Å²) < 4.78 is 30.0. The van der Waals surface area contributed by atoms with E-state index in [4.69, 9.17) is 9.84 Å². The first-order chi connectivity index (χ1) is 9.49. The van der Waals surface area contributed by atoms with Gasteiger partial charge in [0.05, 0.1) is 26.3 Å². The van der Waals surface area contributed by atoms with Gasteiger partial charge in [0.25, 0.3) is 6.43 Å². The summed E-state index contributed by atoms with van der Waals surface area (Å²) in [5, 5.41) is 8.90. The van der Waals surface area contributed by atoms with Crippen LogP contribution in [-0.2, 0) is 0 Å². The highest BCUT2D eigenvalue weighted by Crippen LogP contribution is 2.15. The Hall–Kier alpha value is -1.53. The van der Waals surface area contributed by atoms with Gasteiger partial charge in [-0.2, -0.15) is 0 Å². The van der Waals surface area contributed by atoms with E-state index in [9.17, 15) is 13.6 Å². The van der Waals surface area contributed by atoms with Gasteiger partial charge in [0.1, 0.15) is 5.75 Å². The van der Waals surface area contributed by atoms with Gasteiger partial charge in [0.2, 0.25) is 0 Å². The summed E-state index contributed by atoms with van der Waals surface area (Å²) in [4.78, 5) is 13.5. The van der Waals surface area contributed by atoms with Crippen LogP contribution in [0, 0.1) is 0 Å². The Bertz CT molecular complexity index is 423. The quantitative estimate of drug-likeness (QED) is 0.741. The summed E-state index contributed by atoms with van der Waals surface area (Å²) >= 11 is 0. The zero-order valence-corrected chi connectivity index (χ0v) is 11.6. The molecule has 0 heterocycles. The summed E-state index contributed by atoms with van der Waals surface area (Å²) in [7, 11) is 1.52. The van der Waals surface area contributed by atoms with Crippen LogP contribution in [0.4, 0.5) is 8.78 Å². The van der Waals surface area contributed by atoms with Crippen molar-refractivity contribution in [2.45, 2.75) is 19.4 Å². The Morgan fingerprint density at radius 2 is 1.95 bits per heavy atom. The molecular formula is C14H19F2NO3. The number of hydrogen-bond donors (Lipinski definition) is 1. The molecule has 0 bridgehead atoms. The zero-order valence-electron chi connectivity index (χ0n) is 11.6. The average Bonchev–Trinajstić information content (AvgIpc) is 2.45. The second-order valence-electron chi connectivity index (χ2n) is 4.38. The number of benzene rings is 1. The number of ketones is 1. The first kappa shape index (κ1) is 16.5. The number of nitrogens with zero attached hydrogens (tertiary/aromatic N) is 1. The van der Waals surface area contributed by atoms with Gasteiger partial charge in [-0.1, -0.05) is 0 Å². The monoisotopic (exact) mass is 287 g/mol. The predicted octanol–water partition coefficient (Wildman–Crippen LogP) is 1.83. The van der Waals surface area contributed by atoms with E-state index in [-0.39, 0.29) is 18.9 Å². The van der Waals surface area contributed by atoms with E-state index in [0.717, 1.165) is 0 Å². The molecule has 0 radical (unpaired) electrons. The predicted molar refractivity (Wildman–Crippen MR) is 71.4 cm³/mol. The maximum Gasteiger partial charge on any atom is 0.251 e. The molecule has 1 aromatic rings. The summed E-state index contributed by atoms with van der Waals surface area (Å²) in [6.07, 6.45) is -2.55. The van der Waals surface area contributed by atoms with Gasteiger partial charge in [0.15, 0.2) is 5.78 Å². The van der Waals surface area contributed by atoms with Gasteiger partial charge in [-0.3, -0.25) is 9.69 Å². The molecule has 20 heavy (non-hydrogen) atoms. The van der Waals surface area contributed by atoms with E-state index in [1.54, 1.807) is 31.2 Å². The number of halogens is 2. The molecule has 1 N–H and O–H groups in total. The van der Waals surface area contributed by atoms with Gasteiger partial charge >= 0.3 is 0 Å². The number of rotatable bonds is 8. The minimum atomic E-state index is -2.55. The van der Waals surface area contributed by atoms with Gasteiger partial charge < -0.3 is 9.84 Å². The summed E-state index contributed by atoms with van der Waals surface area (Å²) in [5.41, 5.74) is 0.426. The van der Waals surface area contributed by atoms with Crippen molar-refractivity contribution in [1.82, 2.24) is 4.90 Å². The van der Waals surface area contributed by atoms with Crippen molar-refractivity contribution in [3.8, 4) is 5.75 Å². The fraction of sp³-hybridized carbons (Fsp3) is 0.500. The fourth-order valence-electron chi connectivity index (χ4n) is 1.91. The van der Waals surface area contributed by atoms with Crippen molar-refractivity contribution in [3.63, 3.8) is 0 Å². The molecule has 1 unspecified atom stereocenters. The number of ether oxygens (including phenoxy) is 1. The van der Waals surface area contributed by atoms with Crippen LogP contribution in [-0.4, -0.2) is 55.1 Å². The van der Waals surface area contributed by atoms with Crippen LogP contribution in [0.1, 0.15) is 17.3 Å². The topological polar surface area (TPSA) is 49.8 Å². The number of aliphatic hydroxyl groups is 1. The Kier molecular flexibility index (Phi) is 6.54. The van der Waals surface area contributed by atoms with E-state index >= 15 is 0 Å². The first-order valence-electron chi connectivity index (χ1n) is 6.31. The van der Waals surface area contributed by atoms with Gasteiger partial charge in [-0.05, 0) is 31.2 Å². The zero-order chi connectivity index (χ0) is 15.1. The van der Waals surface area contributed by atoms with E-state index in [1.165, 1.54) is 12.0 Å². The second-order valence-corrected chi connectivity index (χ2v) is 4.38. The third-order valence-electron chi connectivity index (χ3n) is 3.06. The molecule has 0 aliphatic carbocycles. The molecule has 4 nitrogen and oxygen atoms in total. The van der Waals surface area contributed by atoms with E-state index in [0.29, 0.717) is 11.3 Å². The van der Waals surface area contributed by atoms with Crippen molar-refractivity contribution in [1.29, 1.82) is 0 Å². The minimum Gasteiger partial charge on any atom is -0.497 e. The maximum absolute atomic E-state index is 12.5. The molecule has 112 valence electrons. The number of aliphatic hydroxyl groups excluding tert-OH is 1. The van der Waals surface area contributed by atoms with Crippen molar-refractivity contribution >= 4 is 5.78 Å². The highest BCUT2D eigenvalue weighted by molar-refractivity contribution is 5.99. The summed E-state index contributed by atoms with van der Waals surface area (Å²) in [6.45, 7) is 0.786. The molecule has 1 atom stereocenters. The Morgan fingerprint density at radius 1 is 1.35 bits per heavy atom. The van der Waals surface area contributed by atoms with Crippen molar-refractivity contribution in [2.75, 3.05) is 26.8 Å². The Balaban J connectivity index is 2.80. The largest absolute Gasteiger partial charge is 0.497 e. The van der Waals surface area contributed by atoms with Crippen molar-refractivity contribution in [3.05, 3.63) is 29.8 Å². The van der Waals surface area contributed by atoms with Gasteiger partial charge in [0, 0.05) is 12.1 Å². The lowest BCUT2D eigenvalue weighted by atomic mass is 10.0. The fourth-order valence-corrected chi connectivity index (χ4v) is 1.91. The number of carbonyl (C=O) groups excluding carboxylic acids is 1. The Labute approximate surface area is 117 Å². The molecule has 0 spiro atoms. The normalized spacial score (nSPS) is 12.8. The SMILES string of the molecule is COc1ccc(C(=O)C(C)N(CCO)CC(F)F)cc1. The van der Waals surface area contributed by atoms with Crippen LogP contribution in [0.25, 0.3) is 0 Å². The van der Waals surface area contributed by atoms with Crippen molar-refractivity contribution < 1.29 is 23.4 Å². The number of alkyl halides is 2. The molecule has 0 aliphatic rings. The average molecular weight is 287 g/mol. The summed E-state index contributed by atoms with van der Waals surface area (Å²) in [6, 6.07) is 5.76. The Morgan fingerprint density at radius 3 is 2.40 bits per heavy atom. The maximum atomic E-state index is 12.5. The number of Topliss-reactive ketones (excluding diaryl/α,β-unsaturated/α-hetero) is 1. The minimum absolute atomic E-state index is 0.0351. The van der Waals surface area contributed by atoms with E-state index < -0.39 is 19.0 Å². The molecule has 6 heteroatoms. The molecular weight excluding hydrogens is 268 g/mol. The second kappa shape index (κ2) is 7.91. The highest BCUT2D eigenvalue weighted by atomic mass is 19.3. The van der Waals surface area contributed by atoms with E-state index in [1.807, 2.05) is 0 Å². The molecule has 0 aliphatic heterocycles.